The van der Waals surface area contributed by atoms with Crippen LogP contribution in [-0.4, -0.2) is 52.3 Å². The standard InChI is InChI=1S/C19H21F3N4OS/c20-19(21,22)14-2-1-3-16(12-14)24-8-10-25(11-9-24)17(27)13-28-18-23-6-7-26(18)15-4-5-15/h1-3,6-7,12,15H,4-5,8-11,13H2. The minimum absolute atomic E-state index is 0.0408. The first kappa shape index (κ1) is 19.2. The number of aromatic nitrogens is 2. The first-order chi connectivity index (χ1) is 13.4. The predicted molar refractivity (Wildman–Crippen MR) is 101 cm³/mol. The van der Waals surface area contributed by atoms with Crippen LogP contribution in [0.15, 0.2) is 41.8 Å². The van der Waals surface area contributed by atoms with E-state index >= 15 is 0 Å². The van der Waals surface area contributed by atoms with E-state index in [1.807, 2.05) is 11.1 Å². The summed E-state index contributed by atoms with van der Waals surface area (Å²) in [5.41, 5.74) is -0.103. The molecular formula is C19H21F3N4OS. The van der Waals surface area contributed by atoms with E-state index in [1.54, 1.807) is 17.2 Å². The molecule has 0 unspecified atom stereocenters. The average molecular weight is 410 g/mol. The smallest absolute Gasteiger partial charge is 0.368 e. The highest BCUT2D eigenvalue weighted by molar-refractivity contribution is 7.99. The van der Waals surface area contributed by atoms with Gasteiger partial charge < -0.3 is 14.4 Å². The Hall–Kier alpha value is -2.16. The molecule has 0 atom stereocenters. The molecule has 1 saturated heterocycles. The number of amides is 1. The molecule has 2 aromatic rings. The highest BCUT2D eigenvalue weighted by atomic mass is 32.2. The van der Waals surface area contributed by atoms with Crippen molar-refractivity contribution < 1.29 is 18.0 Å². The van der Waals surface area contributed by atoms with Crippen LogP contribution in [0.5, 0.6) is 0 Å². The summed E-state index contributed by atoms with van der Waals surface area (Å²) in [6.07, 6.45) is 1.69. The van der Waals surface area contributed by atoms with Crippen molar-refractivity contribution in [3.05, 3.63) is 42.2 Å². The van der Waals surface area contributed by atoms with Gasteiger partial charge in [-0.2, -0.15) is 13.2 Å². The maximum absolute atomic E-state index is 12.9. The third-order valence-electron chi connectivity index (χ3n) is 5.07. The van der Waals surface area contributed by atoms with E-state index < -0.39 is 11.7 Å². The number of benzene rings is 1. The fourth-order valence-corrected chi connectivity index (χ4v) is 4.28. The van der Waals surface area contributed by atoms with E-state index in [2.05, 4.69) is 9.55 Å². The van der Waals surface area contributed by atoms with Crippen molar-refractivity contribution in [2.45, 2.75) is 30.2 Å². The lowest BCUT2D eigenvalue weighted by Crippen LogP contribution is -2.49. The van der Waals surface area contributed by atoms with Crippen molar-refractivity contribution in [2.24, 2.45) is 0 Å². The Kier molecular flexibility index (Phi) is 5.27. The van der Waals surface area contributed by atoms with Gasteiger partial charge in [-0.05, 0) is 31.0 Å². The van der Waals surface area contributed by atoms with Crippen LogP contribution < -0.4 is 4.90 Å². The SMILES string of the molecule is O=C(CSc1nccn1C1CC1)N1CCN(c2cccc(C(F)(F)F)c2)CC1. The number of hydrogen-bond donors (Lipinski definition) is 0. The monoisotopic (exact) mass is 410 g/mol. The second kappa shape index (κ2) is 7.69. The van der Waals surface area contributed by atoms with Crippen LogP contribution in [0, 0.1) is 0 Å². The van der Waals surface area contributed by atoms with Gasteiger partial charge >= 0.3 is 6.18 Å². The van der Waals surface area contributed by atoms with Gasteiger partial charge in [-0.3, -0.25) is 4.79 Å². The van der Waals surface area contributed by atoms with E-state index in [-0.39, 0.29) is 5.91 Å². The molecular weight excluding hydrogens is 389 g/mol. The number of imidazole rings is 1. The van der Waals surface area contributed by atoms with Crippen molar-refractivity contribution in [3.8, 4) is 0 Å². The maximum Gasteiger partial charge on any atom is 0.416 e. The van der Waals surface area contributed by atoms with Crippen molar-refractivity contribution >= 4 is 23.4 Å². The molecule has 1 aromatic heterocycles. The molecule has 28 heavy (non-hydrogen) atoms. The van der Waals surface area contributed by atoms with Crippen LogP contribution in [0.1, 0.15) is 24.4 Å². The number of alkyl halides is 3. The molecule has 9 heteroatoms. The number of thioether (sulfide) groups is 1. The highest BCUT2D eigenvalue weighted by Gasteiger charge is 2.31. The number of rotatable bonds is 5. The molecule has 0 bridgehead atoms. The summed E-state index contributed by atoms with van der Waals surface area (Å²) in [6, 6.07) is 5.88. The molecule has 2 aliphatic rings. The van der Waals surface area contributed by atoms with Crippen LogP contribution in [0.4, 0.5) is 18.9 Å². The van der Waals surface area contributed by atoms with Gasteiger partial charge in [0.15, 0.2) is 5.16 Å². The van der Waals surface area contributed by atoms with Crippen molar-refractivity contribution in [1.29, 1.82) is 0 Å². The Morgan fingerprint density at radius 3 is 2.61 bits per heavy atom. The normalized spacial score (nSPS) is 17.8. The van der Waals surface area contributed by atoms with Gasteiger partial charge in [0.25, 0.3) is 0 Å². The number of hydrogen-bond acceptors (Lipinski definition) is 4. The first-order valence-corrected chi connectivity index (χ1v) is 10.3. The molecule has 5 nitrogen and oxygen atoms in total. The number of carbonyl (C=O) groups is 1. The zero-order chi connectivity index (χ0) is 19.7. The van der Waals surface area contributed by atoms with Crippen molar-refractivity contribution in [2.75, 3.05) is 36.8 Å². The lowest BCUT2D eigenvalue weighted by molar-refractivity contribution is -0.137. The summed E-state index contributed by atoms with van der Waals surface area (Å²) in [6.45, 7) is 2.06. The Morgan fingerprint density at radius 2 is 1.93 bits per heavy atom. The predicted octanol–water partition coefficient (Wildman–Crippen LogP) is 3.68. The minimum atomic E-state index is -4.35. The molecule has 150 valence electrons. The summed E-state index contributed by atoms with van der Waals surface area (Å²) < 4.78 is 40.8. The van der Waals surface area contributed by atoms with Crippen LogP contribution in [0.2, 0.25) is 0 Å². The topological polar surface area (TPSA) is 41.4 Å². The Balaban J connectivity index is 1.30. The molecule has 1 saturated carbocycles. The maximum atomic E-state index is 12.9. The van der Waals surface area contributed by atoms with E-state index in [1.165, 1.54) is 23.9 Å². The number of nitrogens with zero attached hydrogens (tertiary/aromatic N) is 4. The van der Waals surface area contributed by atoms with Gasteiger partial charge in [0.1, 0.15) is 0 Å². The molecule has 4 rings (SSSR count). The third kappa shape index (κ3) is 4.29. The Bertz CT molecular complexity index is 842. The third-order valence-corrected chi connectivity index (χ3v) is 6.03. The quantitative estimate of drug-likeness (QED) is 0.706. The number of carbonyl (C=O) groups excluding carboxylic acids is 1. The summed E-state index contributed by atoms with van der Waals surface area (Å²) in [5, 5.41) is 0.874. The van der Waals surface area contributed by atoms with Crippen LogP contribution >= 0.6 is 11.8 Å². The first-order valence-electron chi connectivity index (χ1n) is 9.27. The molecule has 2 fully saturated rings. The zero-order valence-corrected chi connectivity index (χ0v) is 16.0. The second-order valence-corrected chi connectivity index (χ2v) is 8.00. The molecule has 2 heterocycles. The minimum Gasteiger partial charge on any atom is -0.368 e. The lowest BCUT2D eigenvalue weighted by atomic mass is 10.1. The summed E-state index contributed by atoms with van der Waals surface area (Å²) in [4.78, 5) is 20.5. The fourth-order valence-electron chi connectivity index (χ4n) is 3.35. The highest BCUT2D eigenvalue weighted by Crippen LogP contribution is 2.37. The van der Waals surface area contributed by atoms with Gasteiger partial charge in [0, 0.05) is 50.3 Å². The van der Waals surface area contributed by atoms with E-state index in [9.17, 15) is 18.0 Å². The molecule has 1 aliphatic carbocycles. The molecule has 1 aromatic carbocycles. The van der Waals surface area contributed by atoms with Crippen LogP contribution in [0.25, 0.3) is 0 Å². The number of halogens is 3. The van der Waals surface area contributed by atoms with Crippen molar-refractivity contribution in [1.82, 2.24) is 14.5 Å². The van der Waals surface area contributed by atoms with Crippen molar-refractivity contribution in [3.63, 3.8) is 0 Å². The molecule has 1 amide bonds. The molecule has 0 N–H and O–H groups in total. The van der Waals surface area contributed by atoms with Gasteiger partial charge in [-0.25, -0.2) is 4.98 Å². The van der Waals surface area contributed by atoms with Gasteiger partial charge in [0.05, 0.1) is 11.3 Å². The second-order valence-electron chi connectivity index (χ2n) is 7.05. The summed E-state index contributed by atoms with van der Waals surface area (Å²) >= 11 is 1.45. The molecule has 0 radical (unpaired) electrons. The van der Waals surface area contributed by atoms with Gasteiger partial charge in [-0.1, -0.05) is 17.8 Å². The van der Waals surface area contributed by atoms with Crippen LogP contribution in [0.3, 0.4) is 0 Å². The van der Waals surface area contributed by atoms with E-state index in [4.69, 9.17) is 0 Å². The van der Waals surface area contributed by atoms with Crippen LogP contribution in [-0.2, 0) is 11.0 Å². The largest absolute Gasteiger partial charge is 0.416 e. The summed E-state index contributed by atoms with van der Waals surface area (Å²) in [5.74, 6) is 0.367. The number of anilines is 1. The molecule has 1 aliphatic heterocycles. The van der Waals surface area contributed by atoms with Gasteiger partial charge in [-0.15, -0.1) is 0 Å². The van der Waals surface area contributed by atoms with Gasteiger partial charge in [0.2, 0.25) is 5.91 Å². The Morgan fingerprint density at radius 1 is 1.18 bits per heavy atom. The Labute approximate surface area is 165 Å². The fraction of sp³-hybridized carbons (Fsp3) is 0.474. The zero-order valence-electron chi connectivity index (χ0n) is 15.2. The average Bonchev–Trinajstić information content (AvgIpc) is 3.43. The number of piperazine rings is 1. The van der Waals surface area contributed by atoms with E-state index in [0.717, 1.165) is 24.1 Å². The van der Waals surface area contributed by atoms with E-state index in [0.29, 0.717) is 43.7 Å². The molecule has 0 spiro atoms. The summed E-state index contributed by atoms with van der Waals surface area (Å²) in [7, 11) is 0. The lowest BCUT2D eigenvalue weighted by Gasteiger charge is -2.36.